The number of hydrogen-bond acceptors (Lipinski definition) is 3. The fourth-order valence-corrected chi connectivity index (χ4v) is 2.55. The Kier molecular flexibility index (Phi) is 4.66. The van der Waals surface area contributed by atoms with Crippen LogP contribution in [-0.4, -0.2) is 16.7 Å². The van der Waals surface area contributed by atoms with Crippen molar-refractivity contribution in [3.05, 3.63) is 43.9 Å². The maximum Gasteiger partial charge on any atom is 0.217 e. The normalized spacial score (nSPS) is 17.6. The Morgan fingerprint density at radius 3 is 2.55 bits per heavy atom. The highest BCUT2D eigenvalue weighted by molar-refractivity contribution is 6.42. The van der Waals surface area contributed by atoms with Crippen LogP contribution < -0.4 is 0 Å². The number of carbonyl (C=O) groups is 1. The molecule has 0 N–H and O–H groups in total. The first kappa shape index (κ1) is 15.3. The van der Waals surface area contributed by atoms with Crippen molar-refractivity contribution in [1.29, 1.82) is 0 Å². The van der Waals surface area contributed by atoms with Gasteiger partial charge in [0.25, 0.3) is 0 Å². The van der Waals surface area contributed by atoms with Gasteiger partial charge >= 0.3 is 0 Å². The van der Waals surface area contributed by atoms with Gasteiger partial charge in [-0.15, -0.1) is 0 Å². The van der Waals surface area contributed by atoms with Gasteiger partial charge in [0, 0.05) is 24.2 Å². The number of nitrogens with zero attached hydrogens (tertiary/aromatic N) is 1. The van der Waals surface area contributed by atoms with Crippen molar-refractivity contribution in [2.75, 3.05) is 0 Å². The predicted octanol–water partition coefficient (Wildman–Crippen LogP) is 4.11. The summed E-state index contributed by atoms with van der Waals surface area (Å²) >= 11 is 11.8. The molecule has 1 fully saturated rings. The number of benzene rings is 1. The van der Waals surface area contributed by atoms with Gasteiger partial charge in [-0.25, -0.2) is 0 Å². The molecule has 1 aliphatic carbocycles. The maximum absolute atomic E-state index is 12.0. The zero-order valence-electron chi connectivity index (χ0n) is 11.0. The molecule has 0 heterocycles. The van der Waals surface area contributed by atoms with Gasteiger partial charge in [0.1, 0.15) is 5.78 Å². The summed E-state index contributed by atoms with van der Waals surface area (Å²) in [6.07, 6.45) is 1.99. The monoisotopic (exact) mass is 315 g/mol. The Hall–Kier alpha value is -1.13. The minimum Gasteiger partial charge on any atom is -0.299 e. The van der Waals surface area contributed by atoms with Crippen LogP contribution in [0.15, 0.2) is 18.2 Å². The molecule has 1 aliphatic rings. The van der Waals surface area contributed by atoms with Crippen molar-refractivity contribution in [3.8, 4) is 0 Å². The number of rotatable bonds is 6. The van der Waals surface area contributed by atoms with E-state index < -0.39 is 12.0 Å². The highest BCUT2D eigenvalue weighted by Gasteiger charge is 2.36. The van der Waals surface area contributed by atoms with Crippen LogP contribution in [0.4, 0.5) is 0 Å². The molecular weight excluding hydrogens is 301 g/mol. The Labute approximate surface area is 127 Å². The van der Waals surface area contributed by atoms with Crippen LogP contribution in [0.2, 0.25) is 10.0 Å². The van der Waals surface area contributed by atoms with E-state index in [1.54, 1.807) is 18.2 Å². The van der Waals surface area contributed by atoms with Crippen molar-refractivity contribution in [1.82, 2.24) is 0 Å². The van der Waals surface area contributed by atoms with Gasteiger partial charge < -0.3 is 0 Å². The average molecular weight is 316 g/mol. The summed E-state index contributed by atoms with van der Waals surface area (Å²) in [4.78, 5) is 22.7. The van der Waals surface area contributed by atoms with Crippen molar-refractivity contribution >= 4 is 29.0 Å². The molecule has 0 aromatic heterocycles. The van der Waals surface area contributed by atoms with E-state index in [9.17, 15) is 14.9 Å². The van der Waals surface area contributed by atoms with Gasteiger partial charge in [-0.2, -0.15) is 0 Å². The van der Waals surface area contributed by atoms with Crippen LogP contribution in [0.3, 0.4) is 0 Å². The first-order chi connectivity index (χ1) is 9.40. The number of halogens is 2. The number of nitro groups is 1. The van der Waals surface area contributed by atoms with Crippen molar-refractivity contribution < 1.29 is 9.72 Å². The molecule has 0 amide bonds. The van der Waals surface area contributed by atoms with Crippen LogP contribution >= 0.6 is 23.2 Å². The number of Topliss-reactive ketones (excluding diaryl/α,β-unsaturated/α-hetero) is 1. The zero-order chi connectivity index (χ0) is 14.9. The Morgan fingerprint density at radius 2 is 2.05 bits per heavy atom. The van der Waals surface area contributed by atoms with E-state index in [-0.39, 0.29) is 23.0 Å². The number of ketones is 1. The fraction of sp³-hybridized carbons (Fsp3) is 0.500. The van der Waals surface area contributed by atoms with E-state index in [0.717, 1.165) is 12.8 Å². The Bertz CT molecular complexity index is 543. The van der Waals surface area contributed by atoms with Crippen molar-refractivity contribution in [2.24, 2.45) is 5.92 Å². The summed E-state index contributed by atoms with van der Waals surface area (Å²) in [5.74, 6) is -0.262. The van der Waals surface area contributed by atoms with Gasteiger partial charge in [-0.3, -0.25) is 14.9 Å². The molecule has 2 atom stereocenters. The average Bonchev–Trinajstić information content (AvgIpc) is 3.22. The predicted molar refractivity (Wildman–Crippen MR) is 78.0 cm³/mol. The van der Waals surface area contributed by atoms with Gasteiger partial charge in [0.2, 0.25) is 6.04 Å². The van der Waals surface area contributed by atoms with Crippen molar-refractivity contribution in [3.63, 3.8) is 0 Å². The minimum absolute atomic E-state index is 0.0965. The summed E-state index contributed by atoms with van der Waals surface area (Å²) < 4.78 is 0. The van der Waals surface area contributed by atoms with Gasteiger partial charge in [0.15, 0.2) is 0 Å². The zero-order valence-corrected chi connectivity index (χ0v) is 12.5. The lowest BCUT2D eigenvalue weighted by molar-refractivity contribution is -0.522. The summed E-state index contributed by atoms with van der Waals surface area (Å²) in [6.45, 7) is 1.52. The van der Waals surface area contributed by atoms with Crippen LogP contribution in [0.5, 0.6) is 0 Å². The summed E-state index contributed by atoms with van der Waals surface area (Å²) in [7, 11) is 0. The molecule has 2 unspecified atom stereocenters. The minimum atomic E-state index is -0.838. The van der Waals surface area contributed by atoms with E-state index in [2.05, 4.69) is 0 Å². The molecule has 1 aromatic carbocycles. The summed E-state index contributed by atoms with van der Waals surface area (Å²) in [6, 6.07) is 4.10. The molecule has 0 saturated heterocycles. The standard InChI is InChI=1S/C14H15Cl2NO3/c1-8(17(19)20)11(7-14(18)9-2-3-9)10-4-5-12(15)13(16)6-10/h4-6,8-9,11H,2-3,7H2,1H3. The molecule has 4 nitrogen and oxygen atoms in total. The molecule has 6 heteroatoms. The molecular formula is C14H15Cl2NO3. The van der Waals surface area contributed by atoms with E-state index >= 15 is 0 Å². The summed E-state index contributed by atoms with van der Waals surface area (Å²) in [5, 5.41) is 11.8. The smallest absolute Gasteiger partial charge is 0.217 e. The first-order valence-corrected chi connectivity index (χ1v) is 7.27. The molecule has 1 saturated carbocycles. The van der Waals surface area contributed by atoms with Crippen LogP contribution in [0.25, 0.3) is 0 Å². The second-order valence-electron chi connectivity index (χ2n) is 5.25. The third-order valence-electron chi connectivity index (χ3n) is 3.74. The molecule has 0 spiro atoms. The first-order valence-electron chi connectivity index (χ1n) is 6.51. The second kappa shape index (κ2) is 6.10. The van der Waals surface area contributed by atoms with Crippen LogP contribution in [0, 0.1) is 16.0 Å². The highest BCUT2D eigenvalue weighted by Crippen LogP contribution is 2.36. The van der Waals surface area contributed by atoms with Gasteiger partial charge in [0.05, 0.1) is 16.0 Å². The van der Waals surface area contributed by atoms with Crippen LogP contribution in [-0.2, 0) is 4.79 Å². The maximum atomic E-state index is 12.0. The number of carbonyl (C=O) groups excluding carboxylic acids is 1. The Morgan fingerprint density at radius 1 is 1.40 bits per heavy atom. The van der Waals surface area contributed by atoms with E-state index in [4.69, 9.17) is 23.2 Å². The molecule has 20 heavy (non-hydrogen) atoms. The van der Waals surface area contributed by atoms with Crippen LogP contribution in [0.1, 0.15) is 37.7 Å². The van der Waals surface area contributed by atoms with E-state index in [1.165, 1.54) is 6.92 Å². The quantitative estimate of drug-likeness (QED) is 0.586. The van der Waals surface area contributed by atoms with Gasteiger partial charge in [-0.05, 0) is 30.5 Å². The van der Waals surface area contributed by atoms with Gasteiger partial charge in [-0.1, -0.05) is 29.3 Å². The molecule has 1 aromatic rings. The lowest BCUT2D eigenvalue weighted by atomic mass is 9.87. The molecule has 0 radical (unpaired) electrons. The van der Waals surface area contributed by atoms with Crippen molar-refractivity contribution in [2.45, 2.75) is 38.1 Å². The largest absolute Gasteiger partial charge is 0.299 e. The number of hydrogen-bond donors (Lipinski definition) is 0. The third kappa shape index (κ3) is 3.49. The Balaban J connectivity index is 2.26. The molecule has 108 valence electrons. The molecule has 0 aliphatic heterocycles. The van der Waals surface area contributed by atoms with E-state index in [0.29, 0.717) is 15.6 Å². The third-order valence-corrected chi connectivity index (χ3v) is 4.48. The molecule has 2 rings (SSSR count). The summed E-state index contributed by atoms with van der Waals surface area (Å²) in [5.41, 5.74) is 0.692. The lowest BCUT2D eigenvalue weighted by Gasteiger charge is -2.18. The topological polar surface area (TPSA) is 60.2 Å². The molecule has 0 bridgehead atoms. The fourth-order valence-electron chi connectivity index (χ4n) is 2.25. The lowest BCUT2D eigenvalue weighted by Crippen LogP contribution is -2.26. The van der Waals surface area contributed by atoms with E-state index in [1.807, 2.05) is 0 Å². The highest BCUT2D eigenvalue weighted by atomic mass is 35.5. The second-order valence-corrected chi connectivity index (χ2v) is 6.07. The SMILES string of the molecule is CC(C(CC(=O)C1CC1)c1ccc(Cl)c(Cl)c1)[N+](=O)[O-].